The third kappa shape index (κ3) is 5.99. The average Bonchev–Trinajstić information content (AvgIpc) is 3.55. The molecule has 0 spiro atoms. The lowest BCUT2D eigenvalue weighted by atomic mass is 10.0. The Balaban J connectivity index is 1.50. The molecule has 0 aliphatic carbocycles. The SMILES string of the molecule is COCCCN(CC(=O)N1CCc2sccc2[C@@H]1COc1ccc(Cl)cc1)C(=O)c1cccs1. The van der Waals surface area contributed by atoms with Gasteiger partial charge >= 0.3 is 0 Å². The van der Waals surface area contributed by atoms with Gasteiger partial charge in [-0.15, -0.1) is 22.7 Å². The van der Waals surface area contributed by atoms with Crippen LogP contribution in [0.3, 0.4) is 0 Å². The summed E-state index contributed by atoms with van der Waals surface area (Å²) in [6.07, 6.45) is 1.47. The van der Waals surface area contributed by atoms with Crippen molar-refractivity contribution >= 4 is 46.1 Å². The number of nitrogens with zero attached hydrogens (tertiary/aromatic N) is 2. The van der Waals surface area contributed by atoms with Crippen molar-refractivity contribution in [1.29, 1.82) is 0 Å². The van der Waals surface area contributed by atoms with E-state index in [0.29, 0.717) is 48.4 Å². The third-order valence-electron chi connectivity index (χ3n) is 5.76. The van der Waals surface area contributed by atoms with Crippen molar-refractivity contribution in [3.05, 3.63) is 73.6 Å². The highest BCUT2D eigenvalue weighted by atomic mass is 35.5. The van der Waals surface area contributed by atoms with Crippen LogP contribution >= 0.6 is 34.3 Å². The summed E-state index contributed by atoms with van der Waals surface area (Å²) in [5.74, 6) is 0.499. The molecule has 0 fully saturated rings. The molecule has 2 aromatic heterocycles. The molecular formula is C25H27ClN2O4S2. The molecule has 3 aromatic rings. The van der Waals surface area contributed by atoms with Crippen LogP contribution in [0.4, 0.5) is 0 Å². The fourth-order valence-electron chi connectivity index (χ4n) is 4.04. The molecule has 0 N–H and O–H groups in total. The number of carbonyl (C=O) groups excluding carboxylic acids is 2. The Labute approximate surface area is 212 Å². The van der Waals surface area contributed by atoms with Gasteiger partial charge in [0.2, 0.25) is 5.91 Å². The molecule has 0 unspecified atom stereocenters. The average molecular weight is 519 g/mol. The van der Waals surface area contributed by atoms with E-state index in [1.165, 1.54) is 16.2 Å². The first-order valence-corrected chi connectivity index (χ1v) is 13.3. The van der Waals surface area contributed by atoms with Crippen LogP contribution in [0.5, 0.6) is 5.75 Å². The molecule has 1 aliphatic heterocycles. The summed E-state index contributed by atoms with van der Waals surface area (Å²) >= 11 is 9.08. The summed E-state index contributed by atoms with van der Waals surface area (Å²) in [5, 5.41) is 4.58. The number of hydrogen-bond acceptors (Lipinski definition) is 6. The Bertz CT molecular complexity index is 1080. The van der Waals surface area contributed by atoms with Gasteiger partial charge in [0.15, 0.2) is 0 Å². The van der Waals surface area contributed by atoms with Gasteiger partial charge in [-0.3, -0.25) is 9.59 Å². The Morgan fingerprint density at radius 3 is 2.71 bits per heavy atom. The number of benzene rings is 1. The van der Waals surface area contributed by atoms with E-state index in [2.05, 4.69) is 11.4 Å². The van der Waals surface area contributed by atoms with Crippen molar-refractivity contribution in [2.45, 2.75) is 18.9 Å². The standard InChI is InChI=1S/C25H27ClN2O4S2/c1-31-13-3-11-27(25(30)23-4-2-14-33-23)16-24(29)28-12-9-22-20(10-15-34-22)21(28)17-32-19-7-5-18(26)6-8-19/h2,4-8,10,14-15,21H,3,9,11-13,16-17H2,1H3/t21-/m0/s1. The van der Waals surface area contributed by atoms with E-state index in [9.17, 15) is 9.59 Å². The van der Waals surface area contributed by atoms with E-state index in [-0.39, 0.29) is 24.4 Å². The van der Waals surface area contributed by atoms with Crippen molar-refractivity contribution < 1.29 is 19.1 Å². The Morgan fingerprint density at radius 1 is 1.15 bits per heavy atom. The fraction of sp³-hybridized carbons (Fsp3) is 0.360. The van der Waals surface area contributed by atoms with E-state index in [4.69, 9.17) is 21.1 Å². The van der Waals surface area contributed by atoms with Crippen LogP contribution in [-0.4, -0.2) is 61.6 Å². The predicted molar refractivity (Wildman–Crippen MR) is 136 cm³/mol. The molecule has 0 bridgehead atoms. The van der Waals surface area contributed by atoms with Crippen molar-refractivity contribution in [1.82, 2.24) is 9.80 Å². The van der Waals surface area contributed by atoms with Gasteiger partial charge in [0.1, 0.15) is 18.9 Å². The molecule has 34 heavy (non-hydrogen) atoms. The van der Waals surface area contributed by atoms with Crippen LogP contribution in [-0.2, 0) is 16.0 Å². The minimum atomic E-state index is -0.212. The van der Waals surface area contributed by atoms with Crippen LogP contribution < -0.4 is 4.74 Å². The second-order valence-corrected chi connectivity index (χ2v) is 10.4. The zero-order valence-corrected chi connectivity index (χ0v) is 21.3. The highest BCUT2D eigenvalue weighted by molar-refractivity contribution is 7.12. The van der Waals surface area contributed by atoms with Crippen molar-refractivity contribution in [2.24, 2.45) is 0 Å². The molecule has 1 aliphatic rings. The van der Waals surface area contributed by atoms with Gasteiger partial charge in [0.25, 0.3) is 5.91 Å². The Kier molecular flexibility index (Phi) is 8.61. The van der Waals surface area contributed by atoms with Crippen molar-refractivity contribution in [3.8, 4) is 5.75 Å². The van der Waals surface area contributed by atoms with Crippen LogP contribution in [0.25, 0.3) is 0 Å². The monoisotopic (exact) mass is 518 g/mol. The van der Waals surface area contributed by atoms with E-state index in [1.807, 2.05) is 28.5 Å². The van der Waals surface area contributed by atoms with Gasteiger partial charge in [-0.05, 0) is 65.6 Å². The van der Waals surface area contributed by atoms with Crippen molar-refractivity contribution in [3.63, 3.8) is 0 Å². The molecule has 1 aromatic carbocycles. The first-order valence-electron chi connectivity index (χ1n) is 11.1. The molecule has 9 heteroatoms. The maximum atomic E-state index is 13.5. The highest BCUT2D eigenvalue weighted by Gasteiger charge is 2.33. The van der Waals surface area contributed by atoms with E-state index in [0.717, 1.165) is 12.0 Å². The number of ether oxygens (including phenoxy) is 2. The molecule has 180 valence electrons. The van der Waals surface area contributed by atoms with Gasteiger partial charge in [0, 0.05) is 36.7 Å². The Morgan fingerprint density at radius 2 is 1.97 bits per heavy atom. The van der Waals surface area contributed by atoms with Gasteiger partial charge in [-0.25, -0.2) is 0 Å². The maximum absolute atomic E-state index is 13.5. The molecule has 2 amide bonds. The summed E-state index contributed by atoms with van der Waals surface area (Å²) in [5.41, 5.74) is 1.12. The molecule has 6 nitrogen and oxygen atoms in total. The molecule has 0 radical (unpaired) electrons. The first-order chi connectivity index (χ1) is 16.6. The predicted octanol–water partition coefficient (Wildman–Crippen LogP) is 5.15. The summed E-state index contributed by atoms with van der Waals surface area (Å²) in [6.45, 7) is 1.94. The lowest BCUT2D eigenvalue weighted by Crippen LogP contribution is -2.48. The first kappa shape index (κ1) is 24.7. The summed E-state index contributed by atoms with van der Waals surface area (Å²) in [4.78, 5) is 32.0. The Hall–Kier alpha value is -2.39. The van der Waals surface area contributed by atoms with E-state index < -0.39 is 0 Å². The number of hydrogen-bond donors (Lipinski definition) is 0. The van der Waals surface area contributed by atoms with Gasteiger partial charge in [-0.1, -0.05) is 17.7 Å². The molecular weight excluding hydrogens is 492 g/mol. The van der Waals surface area contributed by atoms with E-state index >= 15 is 0 Å². The third-order valence-corrected chi connectivity index (χ3v) is 7.86. The van der Waals surface area contributed by atoms with Crippen molar-refractivity contribution in [2.75, 3.05) is 40.0 Å². The zero-order chi connectivity index (χ0) is 23.9. The zero-order valence-electron chi connectivity index (χ0n) is 18.9. The smallest absolute Gasteiger partial charge is 0.264 e. The molecule has 4 rings (SSSR count). The summed E-state index contributed by atoms with van der Waals surface area (Å²) < 4.78 is 11.2. The minimum Gasteiger partial charge on any atom is -0.491 e. The fourth-order valence-corrected chi connectivity index (χ4v) is 5.79. The summed E-state index contributed by atoms with van der Waals surface area (Å²) in [6, 6.07) is 12.7. The number of methoxy groups -OCH3 is 1. The van der Waals surface area contributed by atoms with Crippen LogP contribution in [0.1, 0.15) is 32.6 Å². The van der Waals surface area contributed by atoms with Gasteiger partial charge in [-0.2, -0.15) is 0 Å². The topological polar surface area (TPSA) is 59.1 Å². The quantitative estimate of drug-likeness (QED) is 0.348. The summed E-state index contributed by atoms with van der Waals surface area (Å²) in [7, 11) is 1.63. The minimum absolute atomic E-state index is 0.0252. The number of carbonyl (C=O) groups is 2. The lowest BCUT2D eigenvalue weighted by Gasteiger charge is -2.37. The lowest BCUT2D eigenvalue weighted by molar-refractivity contribution is -0.135. The van der Waals surface area contributed by atoms with Crippen LogP contribution in [0.2, 0.25) is 5.02 Å². The normalized spacial score (nSPS) is 15.1. The molecule has 3 heterocycles. The molecule has 0 saturated carbocycles. The van der Waals surface area contributed by atoms with Gasteiger partial charge in [0.05, 0.1) is 10.9 Å². The number of amides is 2. The maximum Gasteiger partial charge on any atom is 0.264 e. The molecule has 0 saturated heterocycles. The number of halogens is 1. The second kappa shape index (κ2) is 11.8. The van der Waals surface area contributed by atoms with Crippen LogP contribution in [0, 0.1) is 0 Å². The number of thiophene rings is 2. The van der Waals surface area contributed by atoms with E-state index in [1.54, 1.807) is 41.5 Å². The molecule has 1 atom stereocenters. The second-order valence-electron chi connectivity index (χ2n) is 7.97. The van der Waals surface area contributed by atoms with Gasteiger partial charge < -0.3 is 19.3 Å². The number of fused-ring (bicyclic) bond motifs is 1. The van der Waals surface area contributed by atoms with Crippen LogP contribution in [0.15, 0.2) is 53.2 Å². The highest BCUT2D eigenvalue weighted by Crippen LogP contribution is 2.34. The number of rotatable bonds is 10. The largest absolute Gasteiger partial charge is 0.491 e.